The van der Waals surface area contributed by atoms with E-state index in [9.17, 15) is 28.2 Å². The monoisotopic (exact) mass is 363 g/mol. The molecule has 2 rings (SSSR count). The Morgan fingerprint density at radius 1 is 1.21 bits per heavy atom. The quantitative estimate of drug-likeness (QED) is 0.738. The average molecular weight is 363 g/mol. The number of aliphatic carboxylic acids is 1. The van der Waals surface area contributed by atoms with Gasteiger partial charge in [0.1, 0.15) is 16.6 Å². The number of hydrogen-bond acceptors (Lipinski definition) is 6. The van der Waals surface area contributed by atoms with Gasteiger partial charge in [-0.1, -0.05) is 0 Å². The fraction of sp³-hybridized carbons (Fsp3) is 0.867. The summed E-state index contributed by atoms with van der Waals surface area (Å²) in [5, 5.41) is 20.7. The molecule has 2 saturated heterocycles. The summed E-state index contributed by atoms with van der Waals surface area (Å²) in [5.41, 5.74) is -4.29. The molecule has 8 nitrogen and oxygen atoms in total. The lowest BCUT2D eigenvalue weighted by Crippen LogP contribution is -2.60. The number of sulfone groups is 1. The number of rotatable bonds is 2. The minimum Gasteiger partial charge on any atom is -0.481 e. The van der Waals surface area contributed by atoms with Gasteiger partial charge in [0.25, 0.3) is 0 Å². The van der Waals surface area contributed by atoms with E-state index in [1.807, 2.05) is 0 Å². The first-order valence-electron chi connectivity index (χ1n) is 7.94. The fourth-order valence-corrected chi connectivity index (χ4v) is 5.53. The van der Waals surface area contributed by atoms with Crippen molar-refractivity contribution in [2.24, 2.45) is 5.41 Å². The van der Waals surface area contributed by atoms with E-state index >= 15 is 0 Å². The summed E-state index contributed by atoms with van der Waals surface area (Å²) in [6.07, 6.45) is -0.380. The van der Waals surface area contributed by atoms with Crippen LogP contribution in [0.25, 0.3) is 0 Å². The number of β-amino-alcohol motifs (C(OH)–C–C–N with tert-alkyl or cyclic N) is 1. The van der Waals surface area contributed by atoms with Crippen LogP contribution in [0.1, 0.15) is 40.0 Å². The Labute approximate surface area is 141 Å². The van der Waals surface area contributed by atoms with Crippen LogP contribution in [0.2, 0.25) is 0 Å². The van der Waals surface area contributed by atoms with Crippen LogP contribution in [0, 0.1) is 5.41 Å². The second-order valence-corrected chi connectivity index (χ2v) is 9.95. The third-order valence-corrected chi connectivity index (χ3v) is 6.57. The van der Waals surface area contributed by atoms with Crippen LogP contribution in [-0.4, -0.2) is 71.4 Å². The topological polar surface area (TPSA) is 121 Å². The highest BCUT2D eigenvalue weighted by molar-refractivity contribution is 7.91. The summed E-state index contributed by atoms with van der Waals surface area (Å²) in [6.45, 7) is 5.00. The van der Waals surface area contributed by atoms with Gasteiger partial charge in [-0.25, -0.2) is 13.2 Å². The van der Waals surface area contributed by atoms with Crippen molar-refractivity contribution < 1.29 is 33.0 Å². The molecule has 0 bridgehead atoms. The Hall–Kier alpha value is -1.35. The van der Waals surface area contributed by atoms with Crippen LogP contribution in [-0.2, 0) is 19.4 Å². The van der Waals surface area contributed by atoms with Gasteiger partial charge in [0.05, 0.1) is 18.1 Å². The van der Waals surface area contributed by atoms with Crippen LogP contribution in [0.15, 0.2) is 0 Å². The Bertz CT molecular complexity index is 639. The standard InChI is InChI=1S/C15H25NO7S/c1-13(2,3)23-12(19)16-7-6-15(20,9-16)14(11(17)18)5-4-8-24(21,22)10-14/h20H,4-10H2,1-3H3,(H,17,18). The molecule has 1 amide bonds. The van der Waals surface area contributed by atoms with Crippen molar-refractivity contribution in [1.29, 1.82) is 0 Å². The number of carboxylic acids is 1. The molecule has 2 unspecified atom stereocenters. The number of carboxylic acid groups (broad SMARTS) is 1. The molecule has 2 N–H and O–H groups in total. The predicted octanol–water partition coefficient (Wildman–Crippen LogP) is 0.638. The molecule has 0 aromatic rings. The number of carbonyl (C=O) groups is 2. The third-order valence-electron chi connectivity index (χ3n) is 4.72. The molecule has 0 radical (unpaired) electrons. The highest BCUT2D eigenvalue weighted by atomic mass is 32.2. The van der Waals surface area contributed by atoms with Crippen LogP contribution in [0.4, 0.5) is 4.79 Å². The van der Waals surface area contributed by atoms with Gasteiger partial charge in [0.2, 0.25) is 0 Å². The molecular weight excluding hydrogens is 338 g/mol. The number of carbonyl (C=O) groups excluding carboxylic acids is 1. The summed E-state index contributed by atoms with van der Waals surface area (Å²) in [6, 6.07) is 0. The zero-order valence-corrected chi connectivity index (χ0v) is 15.1. The molecular formula is C15H25NO7S. The van der Waals surface area contributed by atoms with Crippen molar-refractivity contribution in [3.63, 3.8) is 0 Å². The first kappa shape index (κ1) is 19.0. The average Bonchev–Trinajstić information content (AvgIpc) is 2.79. The summed E-state index contributed by atoms with van der Waals surface area (Å²) >= 11 is 0. The molecule has 0 aromatic heterocycles. The van der Waals surface area contributed by atoms with Gasteiger partial charge in [0, 0.05) is 6.54 Å². The molecule has 24 heavy (non-hydrogen) atoms. The van der Waals surface area contributed by atoms with E-state index in [1.165, 1.54) is 4.90 Å². The minimum atomic E-state index is -3.55. The maximum atomic E-state index is 12.2. The lowest BCUT2D eigenvalue weighted by atomic mass is 9.69. The number of likely N-dealkylation sites (tertiary alicyclic amines) is 1. The minimum absolute atomic E-state index is 0.00800. The van der Waals surface area contributed by atoms with Gasteiger partial charge < -0.3 is 19.8 Å². The van der Waals surface area contributed by atoms with Crippen molar-refractivity contribution in [3.05, 3.63) is 0 Å². The highest BCUT2D eigenvalue weighted by Gasteiger charge is 2.62. The van der Waals surface area contributed by atoms with E-state index in [0.29, 0.717) is 0 Å². The third kappa shape index (κ3) is 3.51. The number of hydrogen-bond donors (Lipinski definition) is 2. The van der Waals surface area contributed by atoms with Crippen LogP contribution < -0.4 is 0 Å². The van der Waals surface area contributed by atoms with Gasteiger partial charge >= 0.3 is 12.1 Å². The second-order valence-electron chi connectivity index (χ2n) is 7.77. The summed E-state index contributed by atoms with van der Waals surface area (Å²) in [7, 11) is -3.55. The summed E-state index contributed by atoms with van der Waals surface area (Å²) in [4.78, 5) is 25.3. The normalized spacial score (nSPS) is 33.2. The smallest absolute Gasteiger partial charge is 0.410 e. The van der Waals surface area contributed by atoms with Crippen molar-refractivity contribution in [3.8, 4) is 0 Å². The number of amides is 1. The Balaban J connectivity index is 2.26. The predicted molar refractivity (Wildman–Crippen MR) is 85.3 cm³/mol. The number of aliphatic hydroxyl groups is 1. The Morgan fingerprint density at radius 2 is 1.83 bits per heavy atom. The molecule has 0 aliphatic carbocycles. The number of ether oxygens (including phenoxy) is 1. The maximum Gasteiger partial charge on any atom is 0.410 e. The molecule has 138 valence electrons. The van der Waals surface area contributed by atoms with Crippen LogP contribution in [0.5, 0.6) is 0 Å². The van der Waals surface area contributed by atoms with E-state index in [0.717, 1.165) is 0 Å². The lowest BCUT2D eigenvalue weighted by molar-refractivity contribution is -0.166. The van der Waals surface area contributed by atoms with Crippen molar-refractivity contribution in [2.75, 3.05) is 24.6 Å². The second kappa shape index (κ2) is 5.87. The summed E-state index contributed by atoms with van der Waals surface area (Å²) in [5.74, 6) is -2.01. The molecule has 9 heteroatoms. The van der Waals surface area contributed by atoms with Crippen molar-refractivity contribution >= 4 is 21.9 Å². The molecule has 0 aromatic carbocycles. The van der Waals surface area contributed by atoms with E-state index in [4.69, 9.17) is 4.74 Å². The maximum absolute atomic E-state index is 12.2. The van der Waals surface area contributed by atoms with Crippen LogP contribution in [0.3, 0.4) is 0 Å². The molecule has 2 heterocycles. The van der Waals surface area contributed by atoms with Gasteiger partial charge in [-0.15, -0.1) is 0 Å². The van der Waals surface area contributed by atoms with E-state index in [2.05, 4.69) is 0 Å². The van der Waals surface area contributed by atoms with Crippen molar-refractivity contribution in [1.82, 2.24) is 4.90 Å². The van der Waals surface area contributed by atoms with E-state index in [1.54, 1.807) is 20.8 Å². The molecule has 0 spiro atoms. The SMILES string of the molecule is CC(C)(C)OC(=O)N1CCC(O)(C2(C(=O)O)CCCS(=O)(=O)C2)C1. The van der Waals surface area contributed by atoms with Gasteiger partial charge in [-0.2, -0.15) is 0 Å². The van der Waals surface area contributed by atoms with Crippen molar-refractivity contribution in [2.45, 2.75) is 51.2 Å². The van der Waals surface area contributed by atoms with E-state index in [-0.39, 0.29) is 38.1 Å². The fourth-order valence-electron chi connectivity index (χ4n) is 3.52. The highest BCUT2D eigenvalue weighted by Crippen LogP contribution is 2.46. The van der Waals surface area contributed by atoms with E-state index < -0.39 is 44.3 Å². The zero-order valence-electron chi connectivity index (χ0n) is 14.2. The van der Waals surface area contributed by atoms with Crippen LogP contribution >= 0.6 is 0 Å². The molecule has 2 fully saturated rings. The van der Waals surface area contributed by atoms with Gasteiger partial charge in [-0.05, 0) is 40.0 Å². The Morgan fingerprint density at radius 3 is 2.33 bits per heavy atom. The first-order chi connectivity index (χ1) is 10.8. The Kier molecular flexibility index (Phi) is 4.64. The number of nitrogens with zero attached hydrogens (tertiary/aromatic N) is 1. The molecule has 2 atom stereocenters. The van der Waals surface area contributed by atoms with Gasteiger partial charge in [-0.3, -0.25) is 4.79 Å². The lowest BCUT2D eigenvalue weighted by Gasteiger charge is -2.43. The summed E-state index contributed by atoms with van der Waals surface area (Å²) < 4.78 is 29.2. The zero-order chi connectivity index (χ0) is 18.4. The molecule has 2 aliphatic heterocycles. The van der Waals surface area contributed by atoms with Gasteiger partial charge in [0.15, 0.2) is 9.84 Å². The molecule has 0 saturated carbocycles. The largest absolute Gasteiger partial charge is 0.481 e. The molecule has 2 aliphatic rings. The first-order valence-corrected chi connectivity index (χ1v) is 9.77.